The number of carbonyl (C=O) groups is 1. The number of hydrogen-bond acceptors (Lipinski definition) is 6. The molecule has 0 atom stereocenters. The number of nitrogens with one attached hydrogen (secondary N) is 2. The zero-order valence-corrected chi connectivity index (χ0v) is 16.2. The third-order valence-electron chi connectivity index (χ3n) is 4.28. The van der Waals surface area contributed by atoms with Gasteiger partial charge < -0.3 is 10.1 Å². The van der Waals surface area contributed by atoms with Crippen LogP contribution in [0.25, 0.3) is 0 Å². The van der Waals surface area contributed by atoms with Crippen LogP contribution in [0.15, 0.2) is 29.2 Å². The number of carbonyl (C=O) groups excluding carboxylic acids is 1. The fourth-order valence-electron chi connectivity index (χ4n) is 2.90. The lowest BCUT2D eigenvalue weighted by molar-refractivity contribution is 0.0941. The van der Waals surface area contributed by atoms with Gasteiger partial charge >= 0.3 is 0 Å². The SMILES string of the molecule is COc1ccc(S(=O)(=O)Nc2nc(C)c(C(=O)NC3CCCC3)s2)cc1. The van der Waals surface area contributed by atoms with Crippen molar-refractivity contribution in [3.63, 3.8) is 0 Å². The second kappa shape index (κ2) is 7.63. The van der Waals surface area contributed by atoms with Gasteiger partial charge in [-0.15, -0.1) is 0 Å². The number of amides is 1. The van der Waals surface area contributed by atoms with Crippen LogP contribution in [0.3, 0.4) is 0 Å². The number of hydrogen-bond donors (Lipinski definition) is 2. The highest BCUT2D eigenvalue weighted by Crippen LogP contribution is 2.26. The molecule has 140 valence electrons. The molecule has 1 aliphatic carbocycles. The van der Waals surface area contributed by atoms with Gasteiger partial charge in [0, 0.05) is 6.04 Å². The number of thiazole rings is 1. The van der Waals surface area contributed by atoms with E-state index in [1.165, 1.54) is 19.2 Å². The average Bonchev–Trinajstić information content (AvgIpc) is 3.24. The van der Waals surface area contributed by atoms with Crippen LogP contribution in [0.2, 0.25) is 0 Å². The molecule has 2 N–H and O–H groups in total. The van der Waals surface area contributed by atoms with E-state index in [0.29, 0.717) is 16.3 Å². The van der Waals surface area contributed by atoms with Crippen molar-refractivity contribution in [2.75, 3.05) is 11.8 Å². The van der Waals surface area contributed by atoms with Crippen LogP contribution >= 0.6 is 11.3 Å². The van der Waals surface area contributed by atoms with Gasteiger partial charge in [-0.3, -0.25) is 9.52 Å². The number of methoxy groups -OCH3 is 1. The highest BCUT2D eigenvalue weighted by atomic mass is 32.2. The minimum atomic E-state index is -3.78. The third kappa shape index (κ3) is 4.16. The molecule has 2 aromatic rings. The molecule has 0 bridgehead atoms. The summed E-state index contributed by atoms with van der Waals surface area (Å²) in [6.07, 6.45) is 4.22. The van der Waals surface area contributed by atoms with Crippen molar-refractivity contribution in [1.29, 1.82) is 0 Å². The van der Waals surface area contributed by atoms with Crippen molar-refractivity contribution in [3.05, 3.63) is 34.8 Å². The van der Waals surface area contributed by atoms with Gasteiger partial charge in [0.15, 0.2) is 5.13 Å². The molecule has 1 amide bonds. The molecule has 9 heteroatoms. The van der Waals surface area contributed by atoms with Crippen molar-refractivity contribution < 1.29 is 17.9 Å². The molecule has 0 spiro atoms. The predicted molar refractivity (Wildman–Crippen MR) is 100 cm³/mol. The maximum absolute atomic E-state index is 12.5. The molecule has 0 radical (unpaired) electrons. The Morgan fingerprint density at radius 3 is 2.50 bits per heavy atom. The van der Waals surface area contributed by atoms with Crippen molar-refractivity contribution >= 4 is 32.4 Å². The molecule has 1 aliphatic rings. The van der Waals surface area contributed by atoms with Gasteiger partial charge in [-0.05, 0) is 44.0 Å². The Morgan fingerprint density at radius 2 is 1.88 bits per heavy atom. The lowest BCUT2D eigenvalue weighted by atomic mass is 10.2. The minimum Gasteiger partial charge on any atom is -0.497 e. The van der Waals surface area contributed by atoms with Crippen LogP contribution in [0.1, 0.15) is 41.0 Å². The lowest BCUT2D eigenvalue weighted by Crippen LogP contribution is -2.32. The molecule has 0 unspecified atom stereocenters. The summed E-state index contributed by atoms with van der Waals surface area (Å²) in [4.78, 5) is 17.1. The number of ether oxygens (including phenoxy) is 1. The largest absolute Gasteiger partial charge is 0.497 e. The molecule has 0 aliphatic heterocycles. The normalized spacial score (nSPS) is 15.0. The first-order valence-corrected chi connectivity index (χ1v) is 10.6. The van der Waals surface area contributed by atoms with E-state index in [9.17, 15) is 13.2 Å². The smallest absolute Gasteiger partial charge is 0.263 e. The Morgan fingerprint density at radius 1 is 1.23 bits per heavy atom. The summed E-state index contributed by atoms with van der Waals surface area (Å²) in [5, 5.41) is 3.17. The van der Waals surface area contributed by atoms with E-state index in [1.807, 2.05) is 0 Å². The highest BCUT2D eigenvalue weighted by Gasteiger charge is 2.23. The van der Waals surface area contributed by atoms with E-state index >= 15 is 0 Å². The van der Waals surface area contributed by atoms with Gasteiger partial charge in [0.1, 0.15) is 10.6 Å². The van der Waals surface area contributed by atoms with Crippen molar-refractivity contribution in [2.24, 2.45) is 0 Å². The molecule has 7 nitrogen and oxygen atoms in total. The van der Waals surface area contributed by atoms with Crippen LogP contribution in [-0.4, -0.2) is 32.5 Å². The van der Waals surface area contributed by atoms with Crippen molar-refractivity contribution in [1.82, 2.24) is 10.3 Å². The molecular formula is C17H21N3O4S2. The zero-order valence-electron chi connectivity index (χ0n) is 14.6. The number of benzene rings is 1. The van der Waals surface area contributed by atoms with E-state index in [-0.39, 0.29) is 22.0 Å². The minimum absolute atomic E-state index is 0.100. The van der Waals surface area contributed by atoms with E-state index < -0.39 is 10.0 Å². The maximum Gasteiger partial charge on any atom is 0.263 e. The Hall–Kier alpha value is -2.13. The Kier molecular flexibility index (Phi) is 5.47. The number of anilines is 1. The number of rotatable bonds is 6. The van der Waals surface area contributed by atoms with Gasteiger partial charge in [0.25, 0.3) is 15.9 Å². The Bertz CT molecular complexity index is 885. The fourth-order valence-corrected chi connectivity index (χ4v) is 5.01. The first-order valence-electron chi connectivity index (χ1n) is 8.34. The second-order valence-electron chi connectivity index (χ2n) is 6.17. The van der Waals surface area contributed by atoms with Gasteiger partial charge in [-0.1, -0.05) is 24.2 Å². The Labute approximate surface area is 156 Å². The van der Waals surface area contributed by atoms with E-state index in [1.54, 1.807) is 19.1 Å². The van der Waals surface area contributed by atoms with Crippen LogP contribution in [-0.2, 0) is 10.0 Å². The lowest BCUT2D eigenvalue weighted by Gasteiger charge is -2.10. The standard InChI is InChI=1S/C17H21N3O4S2/c1-11-15(16(21)19-12-5-3-4-6-12)25-17(18-11)20-26(22,23)14-9-7-13(24-2)8-10-14/h7-10,12H,3-6H2,1-2H3,(H,18,20)(H,19,21). The molecule has 1 heterocycles. The van der Waals surface area contributed by atoms with Crippen LogP contribution in [0.5, 0.6) is 5.75 Å². The fraction of sp³-hybridized carbons (Fsp3) is 0.412. The molecule has 0 saturated heterocycles. The topological polar surface area (TPSA) is 97.4 Å². The monoisotopic (exact) mass is 395 g/mol. The average molecular weight is 396 g/mol. The summed E-state index contributed by atoms with van der Waals surface area (Å²) in [6, 6.07) is 6.25. The number of sulfonamides is 1. The van der Waals surface area contributed by atoms with E-state index in [4.69, 9.17) is 4.74 Å². The van der Waals surface area contributed by atoms with Crippen LogP contribution < -0.4 is 14.8 Å². The second-order valence-corrected chi connectivity index (χ2v) is 8.85. The van der Waals surface area contributed by atoms with Gasteiger partial charge in [-0.2, -0.15) is 0 Å². The van der Waals surface area contributed by atoms with E-state index in [0.717, 1.165) is 37.0 Å². The third-order valence-corrected chi connectivity index (χ3v) is 6.84. The molecule has 3 rings (SSSR count). The first kappa shape index (κ1) is 18.7. The van der Waals surface area contributed by atoms with Gasteiger partial charge in [0.2, 0.25) is 0 Å². The summed E-state index contributed by atoms with van der Waals surface area (Å²) in [5.41, 5.74) is 0.512. The summed E-state index contributed by atoms with van der Waals surface area (Å²) in [6.45, 7) is 1.70. The van der Waals surface area contributed by atoms with Crippen LogP contribution in [0.4, 0.5) is 5.13 Å². The highest BCUT2D eigenvalue weighted by molar-refractivity contribution is 7.93. The number of aryl methyl sites for hydroxylation is 1. The van der Waals surface area contributed by atoms with Gasteiger partial charge in [0.05, 0.1) is 17.7 Å². The summed E-state index contributed by atoms with van der Waals surface area (Å²) in [7, 11) is -2.27. The predicted octanol–water partition coefficient (Wildman–Crippen LogP) is 2.93. The Balaban J connectivity index is 1.74. The molecule has 1 aromatic heterocycles. The summed E-state index contributed by atoms with van der Waals surface area (Å²) >= 11 is 1.04. The number of aromatic nitrogens is 1. The van der Waals surface area contributed by atoms with Crippen LogP contribution in [0, 0.1) is 6.92 Å². The summed E-state index contributed by atoms with van der Waals surface area (Å²) in [5.74, 6) is 0.377. The quantitative estimate of drug-likeness (QED) is 0.784. The van der Waals surface area contributed by atoms with Gasteiger partial charge in [-0.25, -0.2) is 13.4 Å². The first-order chi connectivity index (χ1) is 12.4. The molecule has 1 saturated carbocycles. The molecule has 1 aromatic carbocycles. The van der Waals surface area contributed by atoms with Crippen molar-refractivity contribution in [2.45, 2.75) is 43.5 Å². The van der Waals surface area contributed by atoms with E-state index in [2.05, 4.69) is 15.0 Å². The zero-order chi connectivity index (χ0) is 18.7. The van der Waals surface area contributed by atoms with Crippen molar-refractivity contribution in [3.8, 4) is 5.75 Å². The summed E-state index contributed by atoms with van der Waals surface area (Å²) < 4.78 is 32.4. The molecule has 1 fully saturated rings. The molecular weight excluding hydrogens is 374 g/mol. The molecule has 26 heavy (non-hydrogen) atoms. The number of nitrogens with zero attached hydrogens (tertiary/aromatic N) is 1. The maximum atomic E-state index is 12.5.